The lowest BCUT2D eigenvalue weighted by Gasteiger charge is -2.18. The van der Waals surface area contributed by atoms with Crippen LogP contribution in [0.1, 0.15) is 49.0 Å². The smallest absolute Gasteiger partial charge is 0.260 e. The fourth-order valence-corrected chi connectivity index (χ4v) is 2.55. The highest BCUT2D eigenvalue weighted by Crippen LogP contribution is 2.27. The zero-order chi connectivity index (χ0) is 15.8. The van der Waals surface area contributed by atoms with Gasteiger partial charge in [-0.05, 0) is 38.0 Å². The lowest BCUT2D eigenvalue weighted by atomic mass is 10.1. The number of ether oxygens (including phenoxy) is 1. The van der Waals surface area contributed by atoms with Gasteiger partial charge in [-0.2, -0.15) is 0 Å². The van der Waals surface area contributed by atoms with Gasteiger partial charge in [-0.15, -0.1) is 0 Å². The van der Waals surface area contributed by atoms with Crippen molar-refractivity contribution in [2.24, 2.45) is 0 Å². The molecule has 0 bridgehead atoms. The molecule has 0 fully saturated rings. The molecular formula is C16H22BrNO3. The van der Waals surface area contributed by atoms with E-state index in [0.29, 0.717) is 17.9 Å². The van der Waals surface area contributed by atoms with Gasteiger partial charge in [-0.3, -0.25) is 9.59 Å². The van der Waals surface area contributed by atoms with Crippen molar-refractivity contribution in [1.29, 1.82) is 0 Å². The first kappa shape index (κ1) is 17.7. The second-order valence-corrected chi connectivity index (χ2v) is 5.93. The van der Waals surface area contributed by atoms with E-state index < -0.39 is 6.10 Å². The van der Waals surface area contributed by atoms with E-state index in [1.165, 1.54) is 0 Å². The second-order valence-electron chi connectivity index (χ2n) is 5.02. The quantitative estimate of drug-likeness (QED) is 0.572. The molecule has 0 aliphatic rings. The van der Waals surface area contributed by atoms with Crippen LogP contribution in [-0.2, 0) is 4.79 Å². The molecule has 0 heterocycles. The largest absolute Gasteiger partial charge is 0.480 e. The van der Waals surface area contributed by atoms with Gasteiger partial charge in [0.05, 0.1) is 5.56 Å². The SMILES string of the molecule is CCCCCNC(=O)C(C)Oc1c(C)cc(Br)cc1C=O. The molecule has 4 nitrogen and oxygen atoms in total. The molecule has 0 spiro atoms. The Morgan fingerprint density at radius 3 is 2.76 bits per heavy atom. The first-order valence-electron chi connectivity index (χ1n) is 7.19. The Morgan fingerprint density at radius 2 is 2.14 bits per heavy atom. The van der Waals surface area contributed by atoms with E-state index in [4.69, 9.17) is 4.74 Å². The van der Waals surface area contributed by atoms with Gasteiger partial charge in [-0.1, -0.05) is 35.7 Å². The second kappa shape index (κ2) is 8.82. The molecule has 21 heavy (non-hydrogen) atoms. The van der Waals surface area contributed by atoms with Crippen molar-refractivity contribution >= 4 is 28.1 Å². The normalized spacial score (nSPS) is 11.8. The maximum atomic E-state index is 12.0. The fourth-order valence-electron chi connectivity index (χ4n) is 1.96. The molecule has 1 N–H and O–H groups in total. The van der Waals surface area contributed by atoms with E-state index in [-0.39, 0.29) is 5.91 Å². The van der Waals surface area contributed by atoms with Crippen LogP contribution in [0.25, 0.3) is 0 Å². The van der Waals surface area contributed by atoms with Crippen molar-refractivity contribution < 1.29 is 14.3 Å². The van der Waals surface area contributed by atoms with Gasteiger partial charge in [0.25, 0.3) is 5.91 Å². The molecule has 1 amide bonds. The van der Waals surface area contributed by atoms with E-state index in [0.717, 1.165) is 35.6 Å². The molecule has 0 saturated carbocycles. The van der Waals surface area contributed by atoms with Crippen LogP contribution >= 0.6 is 15.9 Å². The molecule has 0 radical (unpaired) electrons. The number of nitrogens with one attached hydrogen (secondary N) is 1. The molecule has 1 atom stereocenters. The summed E-state index contributed by atoms with van der Waals surface area (Å²) < 4.78 is 6.49. The first-order chi connectivity index (χ1) is 9.99. The van der Waals surface area contributed by atoms with Crippen molar-refractivity contribution in [3.05, 3.63) is 27.7 Å². The zero-order valence-electron chi connectivity index (χ0n) is 12.7. The molecule has 116 valence electrons. The molecule has 0 aliphatic carbocycles. The van der Waals surface area contributed by atoms with Gasteiger partial charge in [0.2, 0.25) is 0 Å². The third kappa shape index (κ3) is 5.50. The Kier molecular flexibility index (Phi) is 7.43. The predicted octanol–water partition coefficient (Wildman–Crippen LogP) is 3.64. The zero-order valence-corrected chi connectivity index (χ0v) is 14.3. The topological polar surface area (TPSA) is 55.4 Å². The van der Waals surface area contributed by atoms with E-state index in [2.05, 4.69) is 28.2 Å². The number of aldehydes is 1. The Bertz CT molecular complexity index is 503. The monoisotopic (exact) mass is 355 g/mol. The minimum absolute atomic E-state index is 0.162. The number of carbonyl (C=O) groups is 2. The minimum atomic E-state index is -0.634. The third-order valence-corrected chi connectivity index (χ3v) is 3.60. The van der Waals surface area contributed by atoms with Gasteiger partial charge in [-0.25, -0.2) is 0 Å². The summed E-state index contributed by atoms with van der Waals surface area (Å²) in [4.78, 5) is 23.1. The van der Waals surface area contributed by atoms with Crippen molar-refractivity contribution in [2.45, 2.75) is 46.1 Å². The summed E-state index contributed by atoms with van der Waals surface area (Å²) in [7, 11) is 0. The van der Waals surface area contributed by atoms with Crippen molar-refractivity contribution in [3.8, 4) is 5.75 Å². The Balaban J connectivity index is 2.68. The molecule has 1 aromatic carbocycles. The number of amides is 1. The number of unbranched alkanes of at least 4 members (excludes halogenated alkanes) is 2. The van der Waals surface area contributed by atoms with Crippen LogP contribution in [-0.4, -0.2) is 24.8 Å². The van der Waals surface area contributed by atoms with Crippen LogP contribution in [0.5, 0.6) is 5.75 Å². The molecule has 0 aromatic heterocycles. The molecule has 1 aromatic rings. The maximum absolute atomic E-state index is 12.0. The van der Waals surface area contributed by atoms with E-state index in [1.54, 1.807) is 13.0 Å². The average molecular weight is 356 g/mol. The number of aryl methyl sites for hydroxylation is 1. The Hall–Kier alpha value is -1.36. The van der Waals surface area contributed by atoms with Crippen LogP contribution in [0, 0.1) is 6.92 Å². The summed E-state index contributed by atoms with van der Waals surface area (Å²) in [6.07, 6.45) is 3.27. The minimum Gasteiger partial charge on any atom is -0.480 e. The van der Waals surface area contributed by atoms with Gasteiger partial charge < -0.3 is 10.1 Å². The molecular weight excluding hydrogens is 334 g/mol. The van der Waals surface area contributed by atoms with Gasteiger partial charge in [0.1, 0.15) is 5.75 Å². The van der Waals surface area contributed by atoms with Crippen LogP contribution < -0.4 is 10.1 Å². The maximum Gasteiger partial charge on any atom is 0.260 e. The van der Waals surface area contributed by atoms with Crippen LogP contribution in [0.4, 0.5) is 0 Å². The summed E-state index contributed by atoms with van der Waals surface area (Å²) in [5.74, 6) is 0.301. The lowest BCUT2D eigenvalue weighted by Crippen LogP contribution is -2.37. The summed E-state index contributed by atoms with van der Waals surface area (Å²) >= 11 is 3.34. The van der Waals surface area contributed by atoms with E-state index in [9.17, 15) is 9.59 Å². The Morgan fingerprint density at radius 1 is 1.43 bits per heavy atom. The number of halogens is 1. The number of hydrogen-bond acceptors (Lipinski definition) is 3. The molecule has 1 unspecified atom stereocenters. The highest BCUT2D eigenvalue weighted by atomic mass is 79.9. The van der Waals surface area contributed by atoms with E-state index >= 15 is 0 Å². The molecule has 0 aliphatic heterocycles. The Labute approximate surface area is 134 Å². The van der Waals surface area contributed by atoms with Crippen molar-refractivity contribution in [2.75, 3.05) is 6.54 Å². The fraction of sp³-hybridized carbons (Fsp3) is 0.500. The van der Waals surface area contributed by atoms with E-state index in [1.807, 2.05) is 13.0 Å². The highest BCUT2D eigenvalue weighted by Gasteiger charge is 2.17. The number of benzene rings is 1. The summed E-state index contributed by atoms with van der Waals surface area (Å²) in [5, 5.41) is 2.84. The lowest BCUT2D eigenvalue weighted by molar-refractivity contribution is -0.127. The van der Waals surface area contributed by atoms with Crippen molar-refractivity contribution in [3.63, 3.8) is 0 Å². The average Bonchev–Trinajstić information content (AvgIpc) is 2.45. The number of rotatable bonds is 8. The van der Waals surface area contributed by atoms with Crippen LogP contribution in [0.2, 0.25) is 0 Å². The van der Waals surface area contributed by atoms with Gasteiger partial charge in [0, 0.05) is 11.0 Å². The summed E-state index contributed by atoms with van der Waals surface area (Å²) in [5.41, 5.74) is 1.25. The summed E-state index contributed by atoms with van der Waals surface area (Å²) in [6.45, 7) is 6.30. The highest BCUT2D eigenvalue weighted by molar-refractivity contribution is 9.10. The van der Waals surface area contributed by atoms with Crippen molar-refractivity contribution in [1.82, 2.24) is 5.32 Å². The van der Waals surface area contributed by atoms with Gasteiger partial charge >= 0.3 is 0 Å². The standard InChI is InChI=1S/C16H22BrNO3/c1-4-5-6-7-18-16(20)12(3)21-15-11(2)8-14(17)9-13(15)10-19/h8-10,12H,4-7H2,1-3H3,(H,18,20). The first-order valence-corrected chi connectivity index (χ1v) is 7.98. The predicted molar refractivity (Wildman–Crippen MR) is 86.9 cm³/mol. The van der Waals surface area contributed by atoms with Crippen LogP contribution in [0.3, 0.4) is 0 Å². The van der Waals surface area contributed by atoms with Gasteiger partial charge in [0.15, 0.2) is 12.4 Å². The van der Waals surface area contributed by atoms with Crippen LogP contribution in [0.15, 0.2) is 16.6 Å². The number of carbonyl (C=O) groups excluding carboxylic acids is 2. The summed E-state index contributed by atoms with van der Waals surface area (Å²) in [6, 6.07) is 3.54. The third-order valence-electron chi connectivity index (χ3n) is 3.14. The molecule has 1 rings (SSSR count). The molecule has 0 saturated heterocycles. The molecule has 5 heteroatoms. The number of hydrogen-bond donors (Lipinski definition) is 1.